The maximum Gasteiger partial charge on any atom is 0.433 e. The third kappa shape index (κ3) is 3.02. The lowest BCUT2D eigenvalue weighted by Crippen LogP contribution is -2.27. The molecule has 1 N–H and O–H groups in total. The minimum atomic E-state index is -4.46. The molecule has 1 atom stereocenters. The lowest BCUT2D eigenvalue weighted by Gasteiger charge is -2.24. The van der Waals surface area contributed by atoms with Crippen molar-refractivity contribution in [3.05, 3.63) is 29.6 Å². The van der Waals surface area contributed by atoms with Crippen LogP contribution in [0.4, 0.5) is 19.1 Å². The van der Waals surface area contributed by atoms with Crippen molar-refractivity contribution >= 4 is 5.95 Å². The maximum atomic E-state index is 12.6. The van der Waals surface area contributed by atoms with E-state index in [0.29, 0.717) is 6.54 Å². The molecule has 2 aromatic rings. The number of fused-ring (bicyclic) bond motifs is 1. The zero-order valence-corrected chi connectivity index (χ0v) is 11.9. The van der Waals surface area contributed by atoms with Crippen LogP contribution in [0.2, 0.25) is 0 Å². The van der Waals surface area contributed by atoms with Crippen molar-refractivity contribution in [3.8, 4) is 0 Å². The van der Waals surface area contributed by atoms with Crippen LogP contribution in [0.25, 0.3) is 0 Å². The molecule has 0 unspecified atom stereocenters. The van der Waals surface area contributed by atoms with Crippen LogP contribution < -0.4 is 5.32 Å². The first-order valence-corrected chi connectivity index (χ1v) is 6.96. The Kier molecular flexibility index (Phi) is 3.71. The molecule has 0 aromatic carbocycles. The molecule has 9 heteroatoms. The van der Waals surface area contributed by atoms with Crippen LogP contribution in [-0.4, -0.2) is 31.3 Å². The number of nitrogens with one attached hydrogen (secondary N) is 1. The van der Waals surface area contributed by atoms with Gasteiger partial charge in [-0.2, -0.15) is 13.2 Å². The smallest absolute Gasteiger partial charge is 0.354 e. The van der Waals surface area contributed by atoms with E-state index in [2.05, 4.69) is 25.5 Å². The summed E-state index contributed by atoms with van der Waals surface area (Å²) in [5.74, 6) is 2.10. The number of alkyl halides is 3. The molecule has 118 valence electrons. The summed E-state index contributed by atoms with van der Waals surface area (Å²) in [4.78, 5) is 7.34. The average Bonchev–Trinajstić information content (AvgIpc) is 2.86. The van der Waals surface area contributed by atoms with Crippen molar-refractivity contribution in [2.75, 3.05) is 11.9 Å². The highest BCUT2D eigenvalue weighted by molar-refractivity contribution is 5.26. The number of nitrogens with zero attached hydrogens (tertiary/aromatic N) is 5. The predicted octanol–water partition coefficient (Wildman–Crippen LogP) is 2.07. The summed E-state index contributed by atoms with van der Waals surface area (Å²) in [6, 6.07) is 0.860. The molecule has 6 nitrogen and oxygen atoms in total. The Bertz CT molecular complexity index is 666. The van der Waals surface area contributed by atoms with Gasteiger partial charge in [0.05, 0.1) is 0 Å². The number of anilines is 1. The first kappa shape index (κ1) is 14.7. The fourth-order valence-corrected chi connectivity index (χ4v) is 2.53. The van der Waals surface area contributed by atoms with Crippen molar-refractivity contribution in [1.29, 1.82) is 0 Å². The Hall–Kier alpha value is -2.19. The monoisotopic (exact) mass is 312 g/mol. The lowest BCUT2D eigenvalue weighted by molar-refractivity contribution is -0.141. The van der Waals surface area contributed by atoms with Gasteiger partial charge in [0.1, 0.15) is 17.3 Å². The molecule has 0 radical (unpaired) electrons. The van der Waals surface area contributed by atoms with Crippen molar-refractivity contribution in [2.24, 2.45) is 5.92 Å². The summed E-state index contributed by atoms with van der Waals surface area (Å²) in [6.07, 6.45) is -1.62. The topological polar surface area (TPSA) is 68.5 Å². The quantitative estimate of drug-likeness (QED) is 0.939. The molecule has 0 fully saturated rings. The Morgan fingerprint density at radius 2 is 2.18 bits per heavy atom. The van der Waals surface area contributed by atoms with Gasteiger partial charge in [0.25, 0.3) is 0 Å². The molecular formula is C13H15F3N6. The van der Waals surface area contributed by atoms with Crippen molar-refractivity contribution < 1.29 is 13.2 Å². The summed E-state index contributed by atoms with van der Waals surface area (Å²) in [6.45, 7) is 3.15. The third-order valence-electron chi connectivity index (χ3n) is 3.72. The minimum Gasteiger partial charge on any atom is -0.354 e. The highest BCUT2D eigenvalue weighted by atomic mass is 19.4. The van der Waals surface area contributed by atoms with Crippen LogP contribution in [0, 0.1) is 12.8 Å². The summed E-state index contributed by atoms with van der Waals surface area (Å²) >= 11 is 0. The van der Waals surface area contributed by atoms with E-state index in [4.69, 9.17) is 0 Å². The Balaban J connectivity index is 1.63. The number of rotatable bonds is 3. The second kappa shape index (κ2) is 5.54. The molecule has 0 saturated carbocycles. The van der Waals surface area contributed by atoms with Crippen LogP contribution in [0.1, 0.15) is 23.8 Å². The van der Waals surface area contributed by atoms with Gasteiger partial charge in [-0.15, -0.1) is 10.2 Å². The molecular weight excluding hydrogens is 297 g/mol. The molecule has 3 rings (SSSR count). The standard InChI is InChI=1S/C13H15F3N6/c1-8-20-21-11-3-2-9(7-22(8)11)6-18-12-17-5-4-10(19-12)13(14,15)16/h4-5,9H,2-3,6-7H2,1H3,(H,17,18,19)/t9-/m1/s1. The zero-order valence-electron chi connectivity index (χ0n) is 11.9. The Labute approximate surface area is 124 Å². The lowest BCUT2D eigenvalue weighted by atomic mass is 9.99. The molecule has 2 aromatic heterocycles. The summed E-state index contributed by atoms with van der Waals surface area (Å²) in [7, 11) is 0. The normalized spacial score (nSPS) is 18.1. The van der Waals surface area contributed by atoms with E-state index in [1.807, 2.05) is 11.5 Å². The van der Waals surface area contributed by atoms with Gasteiger partial charge >= 0.3 is 6.18 Å². The molecule has 1 aliphatic heterocycles. The van der Waals surface area contributed by atoms with E-state index in [1.165, 1.54) is 0 Å². The van der Waals surface area contributed by atoms with E-state index >= 15 is 0 Å². The fraction of sp³-hybridized carbons (Fsp3) is 0.538. The minimum absolute atomic E-state index is 0.00102. The number of hydrogen-bond acceptors (Lipinski definition) is 5. The van der Waals surface area contributed by atoms with Crippen LogP contribution >= 0.6 is 0 Å². The van der Waals surface area contributed by atoms with Gasteiger partial charge in [-0.05, 0) is 25.3 Å². The van der Waals surface area contributed by atoms with Gasteiger partial charge in [-0.25, -0.2) is 9.97 Å². The zero-order chi connectivity index (χ0) is 15.7. The predicted molar refractivity (Wildman–Crippen MR) is 72.1 cm³/mol. The number of aryl methyl sites for hydroxylation is 2. The van der Waals surface area contributed by atoms with Crippen molar-refractivity contribution in [2.45, 2.75) is 32.5 Å². The highest BCUT2D eigenvalue weighted by Crippen LogP contribution is 2.27. The first-order valence-electron chi connectivity index (χ1n) is 6.96. The molecule has 22 heavy (non-hydrogen) atoms. The van der Waals surface area contributed by atoms with Crippen LogP contribution in [-0.2, 0) is 19.1 Å². The second-order valence-electron chi connectivity index (χ2n) is 5.32. The molecule has 3 heterocycles. The van der Waals surface area contributed by atoms with Crippen LogP contribution in [0.5, 0.6) is 0 Å². The van der Waals surface area contributed by atoms with Gasteiger partial charge in [0.15, 0.2) is 0 Å². The van der Waals surface area contributed by atoms with E-state index in [-0.39, 0.29) is 11.9 Å². The molecule has 0 amide bonds. The van der Waals surface area contributed by atoms with Gasteiger partial charge in [-0.3, -0.25) is 0 Å². The summed E-state index contributed by atoms with van der Waals surface area (Å²) in [5.41, 5.74) is -0.939. The van der Waals surface area contributed by atoms with Gasteiger partial charge < -0.3 is 9.88 Å². The molecule has 0 bridgehead atoms. The largest absolute Gasteiger partial charge is 0.433 e. The SMILES string of the molecule is Cc1nnc2n1C[C@@H](CNc1nccc(C(F)(F)F)n1)CC2. The highest BCUT2D eigenvalue weighted by Gasteiger charge is 2.32. The second-order valence-corrected chi connectivity index (χ2v) is 5.32. The van der Waals surface area contributed by atoms with Crippen molar-refractivity contribution in [1.82, 2.24) is 24.7 Å². The summed E-state index contributed by atoms with van der Waals surface area (Å²) < 4.78 is 39.8. The van der Waals surface area contributed by atoms with Gasteiger partial charge in [0.2, 0.25) is 5.95 Å². The molecule has 0 spiro atoms. The molecule has 0 aliphatic carbocycles. The first-order chi connectivity index (χ1) is 10.4. The maximum absolute atomic E-state index is 12.6. The Morgan fingerprint density at radius 1 is 1.36 bits per heavy atom. The van der Waals surface area contributed by atoms with E-state index in [9.17, 15) is 13.2 Å². The van der Waals surface area contributed by atoms with Crippen LogP contribution in [0.3, 0.4) is 0 Å². The number of hydrogen-bond donors (Lipinski definition) is 1. The Morgan fingerprint density at radius 3 is 2.95 bits per heavy atom. The van der Waals surface area contributed by atoms with Gasteiger partial charge in [-0.1, -0.05) is 0 Å². The summed E-state index contributed by atoms with van der Waals surface area (Å²) in [5, 5.41) is 11.0. The van der Waals surface area contributed by atoms with E-state index in [1.54, 1.807) is 0 Å². The van der Waals surface area contributed by atoms with E-state index in [0.717, 1.165) is 43.3 Å². The van der Waals surface area contributed by atoms with Gasteiger partial charge in [0, 0.05) is 25.7 Å². The van der Waals surface area contributed by atoms with E-state index < -0.39 is 11.9 Å². The van der Waals surface area contributed by atoms with Crippen molar-refractivity contribution in [3.63, 3.8) is 0 Å². The average molecular weight is 312 g/mol. The number of aromatic nitrogens is 5. The van der Waals surface area contributed by atoms with Crippen LogP contribution in [0.15, 0.2) is 12.3 Å². The number of halogens is 3. The molecule has 1 aliphatic rings. The third-order valence-corrected chi connectivity index (χ3v) is 3.72. The molecule has 0 saturated heterocycles. The fourth-order valence-electron chi connectivity index (χ4n) is 2.53.